The first kappa shape index (κ1) is 14.4. The molecule has 1 atom stereocenters. The van der Waals surface area contributed by atoms with Crippen molar-refractivity contribution in [3.05, 3.63) is 45.6 Å². The smallest absolute Gasteiger partial charge is 0.165 e. The topological polar surface area (TPSA) is 30.5 Å². The van der Waals surface area contributed by atoms with Gasteiger partial charge in [0, 0.05) is 34.3 Å². The Balaban J connectivity index is 1.70. The van der Waals surface area contributed by atoms with Crippen molar-refractivity contribution in [2.45, 2.75) is 32.9 Å². The lowest BCUT2D eigenvalue weighted by Crippen LogP contribution is -2.17. The third-order valence-electron chi connectivity index (χ3n) is 3.64. The van der Waals surface area contributed by atoms with Crippen LogP contribution < -0.4 is 14.8 Å². The number of hydrogen-bond acceptors (Lipinski definition) is 4. The number of para-hydroxylation sites is 1. The van der Waals surface area contributed by atoms with Crippen LogP contribution in [0.25, 0.3) is 0 Å². The van der Waals surface area contributed by atoms with Gasteiger partial charge in [0.25, 0.3) is 0 Å². The van der Waals surface area contributed by atoms with Crippen molar-refractivity contribution in [2.75, 3.05) is 13.2 Å². The molecule has 0 saturated carbocycles. The Bertz CT molecular complexity index is 609. The maximum Gasteiger partial charge on any atom is 0.165 e. The van der Waals surface area contributed by atoms with E-state index < -0.39 is 0 Å². The molecule has 1 aliphatic rings. The Morgan fingerprint density at radius 2 is 2.05 bits per heavy atom. The molecule has 0 radical (unpaired) electrons. The van der Waals surface area contributed by atoms with Gasteiger partial charge in [0.1, 0.15) is 0 Å². The monoisotopic (exact) mass is 303 g/mol. The Labute approximate surface area is 129 Å². The second-order valence-corrected chi connectivity index (χ2v) is 6.67. The van der Waals surface area contributed by atoms with E-state index in [-0.39, 0.29) is 0 Å². The van der Waals surface area contributed by atoms with Crippen LogP contribution in [0.4, 0.5) is 0 Å². The molecule has 1 N–H and O–H groups in total. The number of hydrogen-bond donors (Lipinski definition) is 1. The zero-order valence-electron chi connectivity index (χ0n) is 12.5. The normalized spacial score (nSPS) is 15.5. The third kappa shape index (κ3) is 3.39. The second-order valence-electron chi connectivity index (χ2n) is 5.35. The summed E-state index contributed by atoms with van der Waals surface area (Å²) in [5, 5.41) is 3.57. The molecule has 0 spiro atoms. The zero-order chi connectivity index (χ0) is 14.7. The summed E-state index contributed by atoms with van der Waals surface area (Å²) in [7, 11) is 0. The molecule has 3 nitrogen and oxygen atoms in total. The molecule has 3 rings (SSSR count). The van der Waals surface area contributed by atoms with Gasteiger partial charge in [-0.3, -0.25) is 0 Å². The van der Waals surface area contributed by atoms with Gasteiger partial charge in [-0.05, 0) is 32.0 Å². The number of thiophene rings is 1. The maximum atomic E-state index is 5.86. The number of benzene rings is 1. The average Bonchev–Trinajstić information content (AvgIpc) is 2.78. The van der Waals surface area contributed by atoms with Gasteiger partial charge in [-0.2, -0.15) is 0 Å². The van der Waals surface area contributed by atoms with E-state index in [4.69, 9.17) is 9.47 Å². The number of rotatable bonds is 4. The summed E-state index contributed by atoms with van der Waals surface area (Å²) in [6.07, 6.45) is 0.937. The van der Waals surface area contributed by atoms with Crippen molar-refractivity contribution < 1.29 is 9.47 Å². The number of ether oxygens (including phenoxy) is 2. The highest BCUT2D eigenvalue weighted by atomic mass is 32.1. The van der Waals surface area contributed by atoms with E-state index in [0.717, 1.165) is 43.2 Å². The summed E-state index contributed by atoms with van der Waals surface area (Å²) in [5.41, 5.74) is 1.16. The molecule has 1 aromatic carbocycles. The van der Waals surface area contributed by atoms with E-state index in [1.807, 2.05) is 23.5 Å². The molecule has 0 fully saturated rings. The van der Waals surface area contributed by atoms with E-state index in [2.05, 4.69) is 37.4 Å². The largest absolute Gasteiger partial charge is 0.490 e. The molecule has 2 heterocycles. The lowest BCUT2D eigenvalue weighted by Gasteiger charge is -2.16. The predicted molar refractivity (Wildman–Crippen MR) is 86.4 cm³/mol. The summed E-state index contributed by atoms with van der Waals surface area (Å²) in [6, 6.07) is 10.8. The van der Waals surface area contributed by atoms with Crippen LogP contribution in [0.5, 0.6) is 11.5 Å². The Morgan fingerprint density at radius 1 is 1.19 bits per heavy atom. The molecule has 0 bridgehead atoms. The Morgan fingerprint density at radius 3 is 2.86 bits per heavy atom. The molecular weight excluding hydrogens is 282 g/mol. The Hall–Kier alpha value is -1.52. The van der Waals surface area contributed by atoms with E-state index >= 15 is 0 Å². The molecule has 1 aromatic heterocycles. The van der Waals surface area contributed by atoms with E-state index in [9.17, 15) is 0 Å². The van der Waals surface area contributed by atoms with Crippen molar-refractivity contribution in [3.8, 4) is 11.5 Å². The number of nitrogens with one attached hydrogen (secondary N) is 1. The predicted octanol–water partition coefficient (Wildman–Crippen LogP) is 4.07. The zero-order valence-corrected chi connectivity index (χ0v) is 13.3. The lowest BCUT2D eigenvalue weighted by atomic mass is 10.1. The molecule has 0 amide bonds. The average molecular weight is 303 g/mol. The summed E-state index contributed by atoms with van der Waals surface area (Å²) in [4.78, 5) is 2.72. The molecular formula is C17H21NO2S. The molecule has 112 valence electrons. The van der Waals surface area contributed by atoms with Crippen LogP contribution in [0.1, 0.15) is 34.7 Å². The third-order valence-corrected chi connectivity index (χ3v) is 4.82. The molecule has 2 aromatic rings. The van der Waals surface area contributed by atoms with Gasteiger partial charge in [0.05, 0.1) is 13.2 Å². The van der Waals surface area contributed by atoms with Gasteiger partial charge >= 0.3 is 0 Å². The van der Waals surface area contributed by atoms with Crippen LogP contribution in [-0.2, 0) is 6.54 Å². The first-order valence-corrected chi connectivity index (χ1v) is 8.23. The highest BCUT2D eigenvalue weighted by Gasteiger charge is 2.15. The van der Waals surface area contributed by atoms with Crippen molar-refractivity contribution in [1.29, 1.82) is 0 Å². The fourth-order valence-corrected chi connectivity index (χ4v) is 3.35. The number of aryl methyl sites for hydroxylation is 1. The molecule has 1 unspecified atom stereocenters. The molecule has 0 aliphatic carbocycles. The van der Waals surface area contributed by atoms with Crippen molar-refractivity contribution in [1.82, 2.24) is 5.32 Å². The fourth-order valence-electron chi connectivity index (χ4n) is 2.44. The van der Waals surface area contributed by atoms with E-state index in [0.29, 0.717) is 6.04 Å². The van der Waals surface area contributed by atoms with Crippen molar-refractivity contribution >= 4 is 11.3 Å². The van der Waals surface area contributed by atoms with Crippen LogP contribution in [0, 0.1) is 6.92 Å². The van der Waals surface area contributed by atoms with E-state index in [1.54, 1.807) is 0 Å². The molecule has 0 saturated heterocycles. The first-order valence-electron chi connectivity index (χ1n) is 7.41. The molecule has 21 heavy (non-hydrogen) atoms. The highest BCUT2D eigenvalue weighted by Crippen LogP contribution is 2.33. The molecule has 4 heteroatoms. The summed E-state index contributed by atoms with van der Waals surface area (Å²) < 4.78 is 11.6. The summed E-state index contributed by atoms with van der Waals surface area (Å²) >= 11 is 1.84. The maximum absolute atomic E-state index is 5.86. The SMILES string of the molecule is Cc1ccc(C(C)NCc2cccc3c2OCCCO3)s1. The first-order chi connectivity index (χ1) is 10.2. The van der Waals surface area contributed by atoms with Crippen molar-refractivity contribution in [3.63, 3.8) is 0 Å². The minimum Gasteiger partial charge on any atom is -0.490 e. The van der Waals surface area contributed by atoms with Gasteiger partial charge in [-0.25, -0.2) is 0 Å². The van der Waals surface area contributed by atoms with Gasteiger partial charge in [-0.15, -0.1) is 11.3 Å². The summed E-state index contributed by atoms with van der Waals surface area (Å²) in [6.45, 7) is 6.58. The lowest BCUT2D eigenvalue weighted by molar-refractivity contribution is 0.296. The van der Waals surface area contributed by atoms with Gasteiger partial charge in [0.15, 0.2) is 11.5 Å². The number of fused-ring (bicyclic) bond motifs is 1. The van der Waals surface area contributed by atoms with Crippen LogP contribution in [-0.4, -0.2) is 13.2 Å². The second kappa shape index (κ2) is 6.50. The van der Waals surface area contributed by atoms with E-state index in [1.165, 1.54) is 9.75 Å². The van der Waals surface area contributed by atoms with Gasteiger partial charge in [-0.1, -0.05) is 12.1 Å². The van der Waals surface area contributed by atoms with Crippen molar-refractivity contribution in [2.24, 2.45) is 0 Å². The standard InChI is InChI=1S/C17H21NO2S/c1-12-7-8-16(21-12)13(2)18-11-14-5-3-6-15-17(14)20-10-4-9-19-15/h3,5-8,13,18H,4,9-11H2,1-2H3. The molecule has 1 aliphatic heterocycles. The van der Waals surface area contributed by atoms with Gasteiger partial charge in [0.2, 0.25) is 0 Å². The van der Waals surface area contributed by atoms with Gasteiger partial charge < -0.3 is 14.8 Å². The quantitative estimate of drug-likeness (QED) is 0.923. The highest BCUT2D eigenvalue weighted by molar-refractivity contribution is 7.12. The minimum atomic E-state index is 0.339. The van der Waals surface area contributed by atoms with Crippen LogP contribution in [0.2, 0.25) is 0 Å². The van der Waals surface area contributed by atoms with Crippen LogP contribution in [0.3, 0.4) is 0 Å². The minimum absolute atomic E-state index is 0.339. The van der Waals surface area contributed by atoms with Crippen LogP contribution in [0.15, 0.2) is 30.3 Å². The fraction of sp³-hybridized carbons (Fsp3) is 0.412. The summed E-state index contributed by atoms with van der Waals surface area (Å²) in [5.74, 6) is 1.77. The Kier molecular flexibility index (Phi) is 4.46. The van der Waals surface area contributed by atoms with Crippen LogP contribution >= 0.6 is 11.3 Å².